The summed E-state index contributed by atoms with van der Waals surface area (Å²) in [5.74, 6) is 2.75. The summed E-state index contributed by atoms with van der Waals surface area (Å²) in [7, 11) is 0. The van der Waals surface area contributed by atoms with E-state index in [1.54, 1.807) is 11.3 Å². The van der Waals surface area contributed by atoms with Crippen LogP contribution in [-0.2, 0) is 0 Å². The molecule has 5 nitrogen and oxygen atoms in total. The van der Waals surface area contributed by atoms with E-state index in [0.717, 1.165) is 63.6 Å². The Kier molecular flexibility index (Phi) is 7.64. The van der Waals surface area contributed by atoms with Crippen LogP contribution in [0, 0.1) is 5.92 Å². The van der Waals surface area contributed by atoms with Gasteiger partial charge in [-0.3, -0.25) is 0 Å². The molecule has 4 heterocycles. The first-order valence-corrected chi connectivity index (χ1v) is 21.1. The van der Waals surface area contributed by atoms with Crippen LogP contribution >= 0.6 is 11.3 Å². The molecule has 9 aromatic rings. The minimum atomic E-state index is 0.284. The number of nitrogens with zero attached hydrogens (tertiary/aromatic N) is 4. The van der Waals surface area contributed by atoms with E-state index < -0.39 is 0 Å². The molecule has 3 unspecified atom stereocenters. The summed E-state index contributed by atoms with van der Waals surface area (Å²) in [6.45, 7) is 2.33. The predicted octanol–water partition coefficient (Wildman–Crippen LogP) is 14.1. The summed E-state index contributed by atoms with van der Waals surface area (Å²) in [6.07, 6.45) is 14.5. The maximum atomic E-state index is 6.98. The summed E-state index contributed by atoms with van der Waals surface area (Å²) >= 11 is 1.81. The summed E-state index contributed by atoms with van der Waals surface area (Å²) in [4.78, 5) is 17.9. The molecule has 3 aromatic heterocycles. The van der Waals surface area contributed by atoms with Crippen molar-refractivity contribution in [1.29, 1.82) is 0 Å². The first kappa shape index (κ1) is 33.5. The van der Waals surface area contributed by atoms with Gasteiger partial charge in [-0.1, -0.05) is 128 Å². The standard InChI is InChI=1S/C52H38N4OS/c1-31-22-25-41-44(28-31)56(42-19-10-17-36(48(41)42)32-12-4-2-5-13-32)43-20-11-18-40-37-26-23-34(29-45(37)57-49(40)43)51-53-50(33-14-6-3-7-15-33)54-52(55-51)35-24-27-39-38-16-8-9-21-46(38)58-47(39)30-35/h2,4-6,8-27,29-31,41,44H,3,7,28H2,1H3. The molecule has 0 spiro atoms. The Labute approximate surface area is 340 Å². The molecule has 2 aliphatic carbocycles. The van der Waals surface area contributed by atoms with Crippen molar-refractivity contribution in [2.45, 2.75) is 38.1 Å². The summed E-state index contributed by atoms with van der Waals surface area (Å²) < 4.78 is 9.48. The largest absolute Gasteiger partial charge is 0.454 e. The monoisotopic (exact) mass is 766 g/mol. The second-order valence-electron chi connectivity index (χ2n) is 15.9. The van der Waals surface area contributed by atoms with Crippen LogP contribution in [0.25, 0.3) is 81.6 Å². The van der Waals surface area contributed by atoms with Gasteiger partial charge in [0.1, 0.15) is 5.58 Å². The molecule has 0 N–H and O–H groups in total. The molecule has 0 saturated carbocycles. The molecule has 1 aliphatic heterocycles. The van der Waals surface area contributed by atoms with Gasteiger partial charge in [0.05, 0.1) is 5.69 Å². The van der Waals surface area contributed by atoms with Gasteiger partial charge in [-0.05, 0) is 78.3 Å². The fraction of sp³-hybridized carbons (Fsp3) is 0.135. The number of hydrogen-bond donors (Lipinski definition) is 0. The fourth-order valence-corrected chi connectivity index (χ4v) is 10.7. The summed E-state index contributed by atoms with van der Waals surface area (Å²) in [5.41, 5.74) is 10.9. The molecule has 3 aliphatic rings. The highest BCUT2D eigenvalue weighted by Gasteiger charge is 2.42. The molecule has 3 atom stereocenters. The van der Waals surface area contributed by atoms with E-state index in [-0.39, 0.29) is 12.0 Å². The van der Waals surface area contributed by atoms with Crippen molar-refractivity contribution in [3.05, 3.63) is 169 Å². The highest BCUT2D eigenvalue weighted by molar-refractivity contribution is 7.25. The van der Waals surface area contributed by atoms with Crippen molar-refractivity contribution in [3.8, 4) is 33.9 Å². The van der Waals surface area contributed by atoms with Crippen molar-refractivity contribution in [1.82, 2.24) is 15.0 Å². The van der Waals surface area contributed by atoms with E-state index in [2.05, 4.69) is 170 Å². The van der Waals surface area contributed by atoms with Gasteiger partial charge >= 0.3 is 0 Å². The fourth-order valence-electron chi connectivity index (χ4n) is 9.59. The van der Waals surface area contributed by atoms with E-state index in [1.807, 2.05) is 0 Å². The number of benzene rings is 6. The number of fused-ring (bicyclic) bond motifs is 9. The van der Waals surface area contributed by atoms with Gasteiger partial charge in [0, 0.05) is 65.3 Å². The van der Waals surface area contributed by atoms with Crippen molar-refractivity contribution in [3.63, 3.8) is 0 Å². The molecule has 12 rings (SSSR count). The zero-order valence-electron chi connectivity index (χ0n) is 32.0. The topological polar surface area (TPSA) is 55.1 Å². The van der Waals surface area contributed by atoms with Crippen molar-refractivity contribution >= 4 is 70.4 Å². The van der Waals surface area contributed by atoms with Crippen LogP contribution in [0.15, 0.2) is 162 Å². The van der Waals surface area contributed by atoms with Crippen LogP contribution in [0.4, 0.5) is 11.4 Å². The van der Waals surface area contributed by atoms with E-state index in [0.29, 0.717) is 23.4 Å². The maximum Gasteiger partial charge on any atom is 0.164 e. The van der Waals surface area contributed by atoms with E-state index >= 15 is 0 Å². The molecule has 0 bridgehead atoms. The zero-order valence-corrected chi connectivity index (χ0v) is 32.8. The molecular formula is C52H38N4OS. The van der Waals surface area contributed by atoms with Gasteiger partial charge in [0.15, 0.2) is 23.1 Å². The van der Waals surface area contributed by atoms with E-state index in [1.165, 1.54) is 42.6 Å². The Hall–Kier alpha value is -6.63. The van der Waals surface area contributed by atoms with Crippen molar-refractivity contribution in [2.75, 3.05) is 4.90 Å². The SMILES string of the molecule is CC1C=CC2c3c(-c4ccccc4)cccc3N(c3cccc4c3oc3cc(-c5nc(C6=CCCC=C6)nc(-c6ccc7c(c6)sc6ccccc67)n5)ccc34)C2C1. The van der Waals surface area contributed by atoms with Crippen molar-refractivity contribution in [2.24, 2.45) is 5.92 Å². The third-order valence-electron chi connectivity index (χ3n) is 12.3. The molecule has 0 amide bonds. The molecule has 0 fully saturated rings. The molecule has 0 radical (unpaired) electrons. The highest BCUT2D eigenvalue weighted by atomic mass is 32.1. The third-order valence-corrected chi connectivity index (χ3v) is 13.4. The predicted molar refractivity (Wildman–Crippen MR) is 241 cm³/mol. The summed E-state index contributed by atoms with van der Waals surface area (Å²) in [5, 5.41) is 4.72. The van der Waals surface area contributed by atoms with Gasteiger partial charge in [-0.2, -0.15) is 0 Å². The average molecular weight is 767 g/mol. The van der Waals surface area contributed by atoms with Gasteiger partial charge in [0.2, 0.25) is 0 Å². The Morgan fingerprint density at radius 2 is 1.36 bits per heavy atom. The van der Waals surface area contributed by atoms with Crippen LogP contribution in [0.5, 0.6) is 0 Å². The van der Waals surface area contributed by atoms with Crippen LogP contribution < -0.4 is 4.90 Å². The lowest BCUT2D eigenvalue weighted by Gasteiger charge is -2.33. The number of furan rings is 1. The van der Waals surface area contributed by atoms with Gasteiger partial charge in [-0.25, -0.2) is 15.0 Å². The zero-order chi connectivity index (χ0) is 38.3. The first-order valence-electron chi connectivity index (χ1n) is 20.3. The number of rotatable bonds is 5. The van der Waals surface area contributed by atoms with Crippen molar-refractivity contribution < 1.29 is 4.42 Å². The Balaban J connectivity index is 0.994. The lowest BCUT2D eigenvalue weighted by Crippen LogP contribution is -2.33. The molecule has 58 heavy (non-hydrogen) atoms. The van der Waals surface area contributed by atoms with Crippen LogP contribution in [0.1, 0.15) is 43.5 Å². The minimum Gasteiger partial charge on any atom is -0.454 e. The lowest BCUT2D eigenvalue weighted by atomic mass is 9.81. The number of anilines is 2. The highest BCUT2D eigenvalue weighted by Crippen LogP contribution is 2.54. The Morgan fingerprint density at radius 3 is 2.22 bits per heavy atom. The summed E-state index contributed by atoms with van der Waals surface area (Å²) in [6, 6.07) is 46.1. The number of aromatic nitrogens is 3. The smallest absolute Gasteiger partial charge is 0.164 e. The Bertz CT molecular complexity index is 3210. The average Bonchev–Trinajstić information content (AvgIpc) is 3.95. The van der Waals surface area contributed by atoms with Gasteiger partial charge in [-0.15, -0.1) is 11.3 Å². The lowest BCUT2D eigenvalue weighted by molar-refractivity contribution is 0.484. The maximum absolute atomic E-state index is 6.98. The number of thiophene rings is 1. The number of hydrogen-bond acceptors (Lipinski definition) is 6. The Morgan fingerprint density at radius 1 is 0.621 bits per heavy atom. The second-order valence-corrected chi connectivity index (χ2v) is 17.0. The van der Waals surface area contributed by atoms with Crippen LogP contribution in [0.3, 0.4) is 0 Å². The molecule has 6 aromatic carbocycles. The van der Waals surface area contributed by atoms with Crippen LogP contribution in [0.2, 0.25) is 0 Å². The van der Waals surface area contributed by atoms with Gasteiger partial charge < -0.3 is 9.32 Å². The second kappa shape index (κ2) is 13.2. The molecular weight excluding hydrogens is 729 g/mol. The van der Waals surface area contributed by atoms with E-state index in [9.17, 15) is 0 Å². The van der Waals surface area contributed by atoms with E-state index in [4.69, 9.17) is 19.4 Å². The number of para-hydroxylation sites is 1. The normalized spacial score (nSPS) is 18.7. The van der Waals surface area contributed by atoms with Crippen LogP contribution in [-0.4, -0.2) is 21.0 Å². The molecule has 6 heteroatoms. The quantitative estimate of drug-likeness (QED) is 0.163. The molecule has 278 valence electrons. The first-order chi connectivity index (χ1) is 28.6. The molecule has 0 saturated heterocycles. The number of allylic oxidation sites excluding steroid dienone is 5. The minimum absolute atomic E-state index is 0.284. The van der Waals surface area contributed by atoms with Gasteiger partial charge in [0.25, 0.3) is 0 Å². The third kappa shape index (κ3) is 5.32.